The van der Waals surface area contributed by atoms with E-state index >= 15 is 0 Å². The van der Waals surface area contributed by atoms with E-state index in [0.29, 0.717) is 41.9 Å². The molecule has 1 N–H and O–H groups in total. The number of nitrogens with zero attached hydrogens (tertiary/aromatic N) is 3. The van der Waals surface area contributed by atoms with E-state index in [4.69, 9.17) is 4.42 Å². The third kappa shape index (κ3) is 3.82. The van der Waals surface area contributed by atoms with Gasteiger partial charge in [0.25, 0.3) is 11.5 Å². The highest BCUT2D eigenvalue weighted by Gasteiger charge is 2.26. The smallest absolute Gasteiger partial charge is 0.289 e. The molecule has 152 valence electrons. The zero-order valence-corrected chi connectivity index (χ0v) is 17.1. The van der Waals surface area contributed by atoms with Crippen molar-refractivity contribution in [1.29, 1.82) is 0 Å². The van der Waals surface area contributed by atoms with Crippen LogP contribution in [0, 0.1) is 13.8 Å². The van der Waals surface area contributed by atoms with Crippen molar-refractivity contribution < 1.29 is 14.0 Å². The van der Waals surface area contributed by atoms with Crippen LogP contribution in [0.1, 0.15) is 33.8 Å². The van der Waals surface area contributed by atoms with Crippen LogP contribution in [-0.4, -0.2) is 45.4 Å². The van der Waals surface area contributed by atoms with Gasteiger partial charge in [-0.1, -0.05) is 0 Å². The lowest BCUT2D eigenvalue weighted by atomic mass is 10.0. The van der Waals surface area contributed by atoms with E-state index in [1.165, 1.54) is 28.5 Å². The van der Waals surface area contributed by atoms with Crippen LogP contribution in [0.3, 0.4) is 0 Å². The summed E-state index contributed by atoms with van der Waals surface area (Å²) in [6.07, 6.45) is 4.23. The molecular formula is C20H22N4O4S. The number of piperidine rings is 1. The van der Waals surface area contributed by atoms with Crippen LogP contribution in [0.4, 0.5) is 0 Å². The van der Waals surface area contributed by atoms with E-state index in [9.17, 15) is 14.4 Å². The molecule has 1 aliphatic rings. The maximum atomic E-state index is 12.7. The summed E-state index contributed by atoms with van der Waals surface area (Å²) in [6, 6.07) is 3.31. The number of likely N-dealkylation sites (tertiary alicyclic amines) is 1. The minimum atomic E-state index is -0.228. The van der Waals surface area contributed by atoms with Gasteiger partial charge in [-0.3, -0.25) is 19.0 Å². The fourth-order valence-electron chi connectivity index (χ4n) is 3.59. The number of carbonyl (C=O) groups excluding carboxylic acids is 2. The molecule has 0 saturated carbocycles. The van der Waals surface area contributed by atoms with Gasteiger partial charge in [-0.2, -0.15) is 0 Å². The minimum Gasteiger partial charge on any atom is -0.459 e. The molecule has 0 unspecified atom stereocenters. The van der Waals surface area contributed by atoms with Crippen molar-refractivity contribution in [1.82, 2.24) is 19.8 Å². The number of nitrogens with one attached hydrogen (secondary N) is 1. The quantitative estimate of drug-likeness (QED) is 0.705. The fourth-order valence-corrected chi connectivity index (χ4v) is 4.58. The fraction of sp³-hybridized carbons (Fsp3) is 0.400. The van der Waals surface area contributed by atoms with E-state index in [2.05, 4.69) is 10.3 Å². The minimum absolute atomic E-state index is 0.0272. The van der Waals surface area contributed by atoms with Gasteiger partial charge in [0.1, 0.15) is 11.4 Å². The first-order valence-corrected chi connectivity index (χ1v) is 10.3. The van der Waals surface area contributed by atoms with E-state index in [1.54, 1.807) is 17.0 Å². The molecule has 0 aromatic carbocycles. The van der Waals surface area contributed by atoms with Crippen LogP contribution < -0.4 is 10.9 Å². The average Bonchev–Trinajstić information content (AvgIpc) is 3.33. The number of fused-ring (bicyclic) bond motifs is 1. The summed E-state index contributed by atoms with van der Waals surface area (Å²) in [5.74, 6) is -0.0329. The molecule has 0 radical (unpaired) electrons. The second-order valence-electron chi connectivity index (χ2n) is 7.25. The summed E-state index contributed by atoms with van der Waals surface area (Å²) in [7, 11) is 0. The molecule has 4 rings (SSSR count). The topological polar surface area (TPSA) is 97.4 Å². The van der Waals surface area contributed by atoms with E-state index < -0.39 is 0 Å². The lowest BCUT2D eigenvalue weighted by Gasteiger charge is -2.31. The molecule has 4 heterocycles. The highest BCUT2D eigenvalue weighted by atomic mass is 32.1. The van der Waals surface area contributed by atoms with Crippen molar-refractivity contribution >= 4 is 33.4 Å². The van der Waals surface area contributed by atoms with E-state index in [1.807, 2.05) is 13.8 Å². The van der Waals surface area contributed by atoms with Gasteiger partial charge in [-0.05, 0) is 44.4 Å². The number of rotatable bonds is 4. The van der Waals surface area contributed by atoms with Crippen molar-refractivity contribution in [3.05, 3.63) is 51.3 Å². The number of amides is 2. The number of carbonyl (C=O) groups is 2. The molecule has 1 aliphatic heterocycles. The van der Waals surface area contributed by atoms with Crippen LogP contribution in [0.15, 0.2) is 33.9 Å². The Morgan fingerprint density at radius 3 is 2.76 bits per heavy atom. The third-order valence-corrected chi connectivity index (χ3v) is 6.46. The molecule has 0 aliphatic carbocycles. The Kier molecular flexibility index (Phi) is 5.23. The highest BCUT2D eigenvalue weighted by Crippen LogP contribution is 2.25. The summed E-state index contributed by atoms with van der Waals surface area (Å²) >= 11 is 1.49. The highest BCUT2D eigenvalue weighted by molar-refractivity contribution is 7.18. The monoisotopic (exact) mass is 414 g/mol. The molecule has 0 atom stereocenters. The Bertz CT molecular complexity index is 1110. The number of thiophene rings is 1. The summed E-state index contributed by atoms with van der Waals surface area (Å²) in [5, 5.41) is 3.56. The lowest BCUT2D eigenvalue weighted by molar-refractivity contribution is -0.122. The first-order chi connectivity index (χ1) is 13.9. The lowest BCUT2D eigenvalue weighted by Crippen LogP contribution is -2.47. The number of aryl methyl sites for hydroxylation is 2. The second-order valence-corrected chi connectivity index (χ2v) is 8.46. The standard InChI is InChI=1S/C20H22N4O4S/c1-12-13(2)29-18-17(12)20(27)24(11-21-18)10-16(25)22-14-5-7-23(8-6-14)19(26)15-4-3-9-28-15/h3-4,9,11,14H,5-8,10H2,1-2H3,(H,22,25). The van der Waals surface area contributed by atoms with Gasteiger partial charge >= 0.3 is 0 Å². The molecule has 3 aromatic rings. The number of furan rings is 1. The maximum absolute atomic E-state index is 12.7. The second kappa shape index (κ2) is 7.82. The number of hydrogen-bond acceptors (Lipinski definition) is 6. The summed E-state index contributed by atoms with van der Waals surface area (Å²) in [5.41, 5.74) is 0.733. The Morgan fingerprint density at radius 2 is 2.07 bits per heavy atom. The summed E-state index contributed by atoms with van der Waals surface area (Å²) < 4.78 is 6.51. The molecule has 29 heavy (non-hydrogen) atoms. The average molecular weight is 414 g/mol. The molecule has 0 bridgehead atoms. The Balaban J connectivity index is 1.36. The van der Waals surface area contributed by atoms with Gasteiger partial charge in [-0.25, -0.2) is 4.98 Å². The van der Waals surface area contributed by atoms with Gasteiger partial charge in [0.15, 0.2) is 5.76 Å². The van der Waals surface area contributed by atoms with Crippen molar-refractivity contribution in [3.63, 3.8) is 0 Å². The zero-order valence-electron chi connectivity index (χ0n) is 16.3. The van der Waals surface area contributed by atoms with Gasteiger partial charge in [0.05, 0.1) is 18.0 Å². The summed E-state index contributed by atoms with van der Waals surface area (Å²) in [4.78, 5) is 45.3. The predicted molar refractivity (Wildman–Crippen MR) is 109 cm³/mol. The van der Waals surface area contributed by atoms with Crippen LogP contribution in [0.2, 0.25) is 0 Å². The number of aromatic nitrogens is 2. The molecule has 2 amide bonds. The van der Waals surface area contributed by atoms with Crippen molar-refractivity contribution in [2.75, 3.05) is 13.1 Å². The first-order valence-electron chi connectivity index (χ1n) is 9.51. The van der Waals surface area contributed by atoms with E-state index in [0.717, 1.165) is 10.4 Å². The van der Waals surface area contributed by atoms with Crippen molar-refractivity contribution in [3.8, 4) is 0 Å². The van der Waals surface area contributed by atoms with Crippen LogP contribution >= 0.6 is 11.3 Å². The maximum Gasteiger partial charge on any atom is 0.289 e. The molecule has 0 spiro atoms. The van der Waals surface area contributed by atoms with Gasteiger partial charge in [0, 0.05) is 24.0 Å². The molecule has 1 fully saturated rings. The SMILES string of the molecule is Cc1sc2ncn(CC(=O)NC3CCN(C(=O)c4ccco4)CC3)c(=O)c2c1C. The first kappa shape index (κ1) is 19.4. The van der Waals surface area contributed by atoms with Crippen LogP contribution in [0.25, 0.3) is 10.2 Å². The Hall–Kier alpha value is -2.94. The van der Waals surface area contributed by atoms with Gasteiger partial charge < -0.3 is 14.6 Å². The predicted octanol–water partition coefficient (Wildman–Crippen LogP) is 2.09. The Labute approximate surface area is 171 Å². The van der Waals surface area contributed by atoms with Crippen LogP contribution in [-0.2, 0) is 11.3 Å². The van der Waals surface area contributed by atoms with E-state index in [-0.39, 0.29) is 30.0 Å². The molecule has 1 saturated heterocycles. The van der Waals surface area contributed by atoms with Crippen LogP contribution in [0.5, 0.6) is 0 Å². The normalized spacial score (nSPS) is 15.0. The molecule has 3 aromatic heterocycles. The van der Waals surface area contributed by atoms with Crippen molar-refractivity contribution in [2.24, 2.45) is 0 Å². The largest absolute Gasteiger partial charge is 0.459 e. The van der Waals surface area contributed by atoms with Crippen molar-refractivity contribution in [2.45, 2.75) is 39.3 Å². The third-order valence-electron chi connectivity index (χ3n) is 5.35. The molecular weight excluding hydrogens is 392 g/mol. The molecule has 9 heteroatoms. The zero-order chi connectivity index (χ0) is 20.5. The van der Waals surface area contributed by atoms with Gasteiger partial charge in [-0.15, -0.1) is 11.3 Å². The van der Waals surface area contributed by atoms with Gasteiger partial charge in [0.2, 0.25) is 5.91 Å². The molecule has 8 nitrogen and oxygen atoms in total. The number of hydrogen-bond donors (Lipinski definition) is 1. The Morgan fingerprint density at radius 1 is 1.31 bits per heavy atom. The summed E-state index contributed by atoms with van der Waals surface area (Å²) in [6.45, 7) is 4.89.